The first-order valence-electron chi connectivity index (χ1n) is 6.37. The van der Waals surface area contributed by atoms with Gasteiger partial charge in [-0.05, 0) is 31.0 Å². The summed E-state index contributed by atoms with van der Waals surface area (Å²) in [6.07, 6.45) is 1.01. The molecule has 0 fully saturated rings. The van der Waals surface area contributed by atoms with E-state index in [1.165, 1.54) is 31.2 Å². The smallest absolute Gasteiger partial charge is 0.387 e. The first kappa shape index (κ1) is 16.9. The van der Waals surface area contributed by atoms with Crippen LogP contribution >= 0.6 is 0 Å². The molecule has 7 heteroatoms. The fourth-order valence-corrected chi connectivity index (χ4v) is 2.01. The highest BCUT2D eigenvalue weighted by atomic mass is 19.3. The molecule has 1 rings (SSSR count). The first-order chi connectivity index (χ1) is 9.86. The lowest BCUT2D eigenvalue weighted by atomic mass is 9.90. The third kappa shape index (κ3) is 3.68. The van der Waals surface area contributed by atoms with Gasteiger partial charge in [-0.2, -0.15) is 8.78 Å². The molecule has 1 aromatic carbocycles. The molecule has 0 aliphatic heterocycles. The van der Waals surface area contributed by atoms with Gasteiger partial charge in [-0.25, -0.2) is 4.79 Å². The summed E-state index contributed by atoms with van der Waals surface area (Å²) in [5.41, 5.74) is -1.46. The Kier molecular flexibility index (Phi) is 5.63. The molecule has 0 aromatic heterocycles. The minimum Gasteiger partial charge on any atom is -0.479 e. The zero-order valence-corrected chi connectivity index (χ0v) is 11.8. The number of benzene rings is 1. The van der Waals surface area contributed by atoms with E-state index >= 15 is 0 Å². The monoisotopic (exact) mass is 301 g/mol. The SMILES string of the molecule is CCCN(C=O)C(C)(C(=O)O)c1cccc(OC(F)F)c1. The predicted molar refractivity (Wildman–Crippen MR) is 71.1 cm³/mol. The van der Waals surface area contributed by atoms with Crippen LogP contribution in [0.4, 0.5) is 8.78 Å². The number of carboxylic acids is 1. The van der Waals surface area contributed by atoms with Gasteiger partial charge in [0.2, 0.25) is 6.41 Å². The topological polar surface area (TPSA) is 66.8 Å². The van der Waals surface area contributed by atoms with Gasteiger partial charge in [0.15, 0.2) is 5.54 Å². The zero-order chi connectivity index (χ0) is 16.0. The van der Waals surface area contributed by atoms with Crippen LogP contribution in [-0.2, 0) is 15.1 Å². The van der Waals surface area contributed by atoms with Crippen molar-refractivity contribution in [1.29, 1.82) is 0 Å². The van der Waals surface area contributed by atoms with Crippen molar-refractivity contribution in [2.75, 3.05) is 6.54 Å². The Hall–Kier alpha value is -2.18. The molecule has 21 heavy (non-hydrogen) atoms. The number of aliphatic carboxylic acids is 1. The van der Waals surface area contributed by atoms with Crippen LogP contribution in [-0.4, -0.2) is 35.5 Å². The maximum atomic E-state index is 12.2. The lowest BCUT2D eigenvalue weighted by Crippen LogP contribution is -2.49. The summed E-state index contributed by atoms with van der Waals surface area (Å²) in [7, 11) is 0. The second-order valence-corrected chi connectivity index (χ2v) is 4.58. The number of alkyl halides is 2. The average molecular weight is 301 g/mol. The van der Waals surface area contributed by atoms with Crippen molar-refractivity contribution in [2.45, 2.75) is 32.4 Å². The highest BCUT2D eigenvalue weighted by Gasteiger charge is 2.41. The van der Waals surface area contributed by atoms with Crippen molar-refractivity contribution in [2.24, 2.45) is 0 Å². The van der Waals surface area contributed by atoms with Gasteiger partial charge in [0, 0.05) is 6.54 Å². The minimum atomic E-state index is -3.01. The maximum Gasteiger partial charge on any atom is 0.387 e. The Morgan fingerprint density at radius 2 is 2.19 bits per heavy atom. The van der Waals surface area contributed by atoms with E-state index in [9.17, 15) is 23.5 Å². The van der Waals surface area contributed by atoms with Crippen molar-refractivity contribution in [3.05, 3.63) is 29.8 Å². The molecule has 1 aromatic rings. The van der Waals surface area contributed by atoms with Gasteiger partial charge in [0.25, 0.3) is 0 Å². The van der Waals surface area contributed by atoms with Crippen LogP contribution in [0.15, 0.2) is 24.3 Å². The molecule has 5 nitrogen and oxygen atoms in total. The Labute approximate surface area is 121 Å². The molecule has 1 unspecified atom stereocenters. The molecule has 0 aliphatic rings. The van der Waals surface area contributed by atoms with Crippen molar-refractivity contribution < 1.29 is 28.2 Å². The molecular formula is C14H17F2NO4. The molecular weight excluding hydrogens is 284 g/mol. The van der Waals surface area contributed by atoms with E-state index < -0.39 is 18.1 Å². The van der Waals surface area contributed by atoms with Gasteiger partial charge < -0.3 is 14.7 Å². The summed E-state index contributed by atoms with van der Waals surface area (Å²) in [6, 6.07) is 5.36. The van der Waals surface area contributed by atoms with Crippen LogP contribution < -0.4 is 4.74 Å². The minimum absolute atomic E-state index is 0.155. The molecule has 0 saturated carbocycles. The molecule has 116 valence electrons. The summed E-state index contributed by atoms with van der Waals surface area (Å²) in [6.45, 7) is 0.372. The van der Waals surface area contributed by atoms with Gasteiger partial charge in [0.05, 0.1) is 0 Å². The van der Waals surface area contributed by atoms with Crippen molar-refractivity contribution in [3.63, 3.8) is 0 Å². The van der Waals surface area contributed by atoms with E-state index in [1.807, 2.05) is 0 Å². The van der Waals surface area contributed by atoms with E-state index in [0.29, 0.717) is 12.8 Å². The summed E-state index contributed by atoms with van der Waals surface area (Å²) < 4.78 is 28.8. The molecule has 0 radical (unpaired) electrons. The maximum absolute atomic E-state index is 12.2. The number of amides is 1. The number of hydrogen-bond acceptors (Lipinski definition) is 3. The Balaban J connectivity index is 3.27. The van der Waals surface area contributed by atoms with Crippen molar-refractivity contribution in [1.82, 2.24) is 4.90 Å². The van der Waals surface area contributed by atoms with Crippen LogP contribution in [0.5, 0.6) is 5.75 Å². The van der Waals surface area contributed by atoms with Gasteiger partial charge >= 0.3 is 12.6 Å². The number of carbonyl (C=O) groups excluding carboxylic acids is 1. The van der Waals surface area contributed by atoms with Crippen LogP contribution in [0.3, 0.4) is 0 Å². The van der Waals surface area contributed by atoms with E-state index in [0.717, 1.165) is 4.90 Å². The third-order valence-corrected chi connectivity index (χ3v) is 3.20. The highest BCUT2D eigenvalue weighted by Crippen LogP contribution is 2.31. The summed E-state index contributed by atoms with van der Waals surface area (Å²) >= 11 is 0. The second kappa shape index (κ2) is 7.01. The Bertz CT molecular complexity index is 510. The van der Waals surface area contributed by atoms with Crippen molar-refractivity contribution >= 4 is 12.4 Å². The quantitative estimate of drug-likeness (QED) is 0.749. The average Bonchev–Trinajstić information content (AvgIpc) is 2.43. The molecule has 1 N–H and O–H groups in total. The molecule has 1 atom stereocenters. The van der Waals surface area contributed by atoms with E-state index in [4.69, 9.17) is 0 Å². The Morgan fingerprint density at radius 3 is 2.67 bits per heavy atom. The summed E-state index contributed by atoms with van der Waals surface area (Å²) in [5.74, 6) is -1.41. The molecule has 0 aliphatic carbocycles. The number of hydrogen-bond donors (Lipinski definition) is 1. The van der Waals surface area contributed by atoms with Crippen molar-refractivity contribution in [3.8, 4) is 5.75 Å². The third-order valence-electron chi connectivity index (χ3n) is 3.20. The number of carboxylic acid groups (broad SMARTS) is 1. The number of rotatable bonds is 8. The van der Waals surface area contributed by atoms with Crippen LogP contribution in [0, 0.1) is 0 Å². The number of carbonyl (C=O) groups is 2. The van der Waals surface area contributed by atoms with Gasteiger partial charge in [0.1, 0.15) is 5.75 Å². The number of ether oxygens (including phenoxy) is 1. The molecule has 0 bridgehead atoms. The molecule has 0 spiro atoms. The normalized spacial score (nSPS) is 13.6. The van der Waals surface area contributed by atoms with Gasteiger partial charge in [-0.15, -0.1) is 0 Å². The van der Waals surface area contributed by atoms with Crippen LogP contribution in [0.1, 0.15) is 25.8 Å². The Morgan fingerprint density at radius 1 is 1.52 bits per heavy atom. The van der Waals surface area contributed by atoms with Crippen LogP contribution in [0.2, 0.25) is 0 Å². The first-order valence-corrected chi connectivity index (χ1v) is 6.37. The fourth-order valence-electron chi connectivity index (χ4n) is 2.01. The van der Waals surface area contributed by atoms with E-state index in [-0.39, 0.29) is 17.9 Å². The standard InChI is InChI=1S/C14H17F2NO4/c1-3-7-17(9-18)14(2,12(19)20)10-5-4-6-11(8-10)21-13(15)16/h4-6,8-9,13H,3,7H2,1-2H3,(H,19,20). The second-order valence-electron chi connectivity index (χ2n) is 4.58. The fraction of sp³-hybridized carbons (Fsp3) is 0.429. The van der Waals surface area contributed by atoms with Gasteiger partial charge in [-0.3, -0.25) is 4.79 Å². The lowest BCUT2D eigenvalue weighted by Gasteiger charge is -2.35. The largest absolute Gasteiger partial charge is 0.479 e. The molecule has 0 saturated heterocycles. The lowest BCUT2D eigenvalue weighted by molar-refractivity contribution is -0.154. The predicted octanol–water partition coefficient (Wildman–Crippen LogP) is 2.46. The summed E-state index contributed by atoms with van der Waals surface area (Å²) in [5, 5.41) is 9.50. The number of halogens is 2. The van der Waals surface area contributed by atoms with Crippen LogP contribution in [0.25, 0.3) is 0 Å². The van der Waals surface area contributed by atoms with Gasteiger partial charge in [-0.1, -0.05) is 19.1 Å². The molecule has 0 heterocycles. The van der Waals surface area contributed by atoms with E-state index in [1.54, 1.807) is 6.92 Å². The molecule has 1 amide bonds. The number of nitrogens with zero attached hydrogens (tertiary/aromatic N) is 1. The van der Waals surface area contributed by atoms with E-state index in [2.05, 4.69) is 4.74 Å². The summed E-state index contributed by atoms with van der Waals surface area (Å²) in [4.78, 5) is 24.0. The zero-order valence-electron chi connectivity index (χ0n) is 11.8. The highest BCUT2D eigenvalue weighted by molar-refractivity contribution is 5.83.